The summed E-state index contributed by atoms with van der Waals surface area (Å²) in [6.07, 6.45) is 3.20. The maximum atomic E-state index is 12.3. The van der Waals surface area contributed by atoms with Crippen LogP contribution < -0.4 is 19.5 Å². The van der Waals surface area contributed by atoms with Crippen LogP contribution in [0.5, 0.6) is 17.2 Å². The molecule has 1 N–H and O–H groups in total. The number of amides is 1. The minimum absolute atomic E-state index is 0. The molecule has 1 aromatic carbocycles. The lowest BCUT2D eigenvalue weighted by Crippen LogP contribution is -2.12. The molecule has 0 atom stereocenters. The first kappa shape index (κ1) is 17.6. The molecule has 6 nitrogen and oxygen atoms in total. The van der Waals surface area contributed by atoms with Gasteiger partial charge in [0.25, 0.3) is 5.91 Å². The van der Waals surface area contributed by atoms with Crippen molar-refractivity contribution in [1.29, 1.82) is 0 Å². The van der Waals surface area contributed by atoms with E-state index in [-0.39, 0.29) is 18.3 Å². The summed E-state index contributed by atoms with van der Waals surface area (Å²) < 4.78 is 15.7. The number of halogens is 1. The van der Waals surface area contributed by atoms with Gasteiger partial charge in [0.2, 0.25) is 5.75 Å². The first-order valence-electron chi connectivity index (χ1n) is 6.21. The van der Waals surface area contributed by atoms with E-state index in [0.717, 1.165) is 0 Å². The fourth-order valence-corrected chi connectivity index (χ4v) is 1.85. The highest BCUT2D eigenvalue weighted by atomic mass is 35.5. The Morgan fingerprint density at radius 3 is 2.00 bits per heavy atom. The lowest BCUT2D eigenvalue weighted by molar-refractivity contribution is 0.102. The number of nitrogens with zero attached hydrogens (tertiary/aromatic N) is 1. The third kappa shape index (κ3) is 3.79. The van der Waals surface area contributed by atoms with E-state index >= 15 is 0 Å². The summed E-state index contributed by atoms with van der Waals surface area (Å²) >= 11 is 0. The van der Waals surface area contributed by atoms with Crippen molar-refractivity contribution in [2.24, 2.45) is 0 Å². The Hall–Kier alpha value is -2.47. The van der Waals surface area contributed by atoms with Crippen molar-refractivity contribution in [3.8, 4) is 17.2 Å². The highest BCUT2D eigenvalue weighted by molar-refractivity contribution is 6.05. The first-order chi connectivity index (χ1) is 10.2. The van der Waals surface area contributed by atoms with Crippen molar-refractivity contribution < 1.29 is 19.0 Å². The van der Waals surface area contributed by atoms with Gasteiger partial charge in [-0.15, -0.1) is 12.4 Å². The molecular weight excluding hydrogens is 308 g/mol. The molecule has 0 radical (unpaired) electrons. The zero-order valence-corrected chi connectivity index (χ0v) is 13.3. The summed E-state index contributed by atoms with van der Waals surface area (Å²) in [6, 6.07) is 6.60. The molecule has 0 spiro atoms. The number of nitrogens with one attached hydrogen (secondary N) is 1. The average molecular weight is 325 g/mol. The quantitative estimate of drug-likeness (QED) is 0.915. The monoisotopic (exact) mass is 324 g/mol. The lowest BCUT2D eigenvalue weighted by atomic mass is 10.1. The lowest BCUT2D eigenvalue weighted by Gasteiger charge is -2.14. The topological polar surface area (TPSA) is 69.7 Å². The smallest absolute Gasteiger partial charge is 0.255 e. The van der Waals surface area contributed by atoms with E-state index in [1.165, 1.54) is 21.3 Å². The number of carbonyl (C=O) groups excluding carboxylic acids is 1. The normalized spacial score (nSPS) is 9.41. The standard InChI is InChI=1S/C15H16N2O4.ClH/c1-19-12-8-10(9-13(20-2)14(12)21-3)15(18)17-11-4-6-16-7-5-11;/h4-9H,1-3H3,(H,16,17,18);1H. The van der Waals surface area contributed by atoms with Crippen molar-refractivity contribution in [2.75, 3.05) is 26.6 Å². The van der Waals surface area contributed by atoms with Gasteiger partial charge in [0, 0.05) is 23.6 Å². The van der Waals surface area contributed by atoms with Gasteiger partial charge < -0.3 is 19.5 Å². The Morgan fingerprint density at radius 1 is 1.00 bits per heavy atom. The summed E-state index contributed by atoms with van der Waals surface area (Å²) in [5.74, 6) is 1.02. The van der Waals surface area contributed by atoms with Gasteiger partial charge in [0.05, 0.1) is 21.3 Å². The summed E-state index contributed by atoms with van der Waals surface area (Å²) in [7, 11) is 4.51. The van der Waals surface area contributed by atoms with Crippen molar-refractivity contribution in [1.82, 2.24) is 4.98 Å². The summed E-state index contributed by atoms with van der Waals surface area (Å²) in [5.41, 5.74) is 1.06. The maximum Gasteiger partial charge on any atom is 0.255 e. The molecular formula is C15H17ClN2O4. The van der Waals surface area contributed by atoms with Crippen LogP contribution in [0, 0.1) is 0 Å². The molecule has 2 aromatic rings. The van der Waals surface area contributed by atoms with Gasteiger partial charge >= 0.3 is 0 Å². The Bertz CT molecular complexity index is 610. The van der Waals surface area contributed by atoms with Crippen LogP contribution in [0.15, 0.2) is 36.7 Å². The summed E-state index contributed by atoms with van der Waals surface area (Å²) in [6.45, 7) is 0. The van der Waals surface area contributed by atoms with Crippen LogP contribution >= 0.6 is 12.4 Å². The van der Waals surface area contributed by atoms with Crippen molar-refractivity contribution in [3.05, 3.63) is 42.2 Å². The fourth-order valence-electron chi connectivity index (χ4n) is 1.85. The van der Waals surface area contributed by atoms with Crippen LogP contribution in [0.2, 0.25) is 0 Å². The van der Waals surface area contributed by atoms with Gasteiger partial charge in [0.1, 0.15) is 0 Å². The van der Waals surface area contributed by atoms with E-state index in [4.69, 9.17) is 14.2 Å². The average Bonchev–Trinajstić information content (AvgIpc) is 2.54. The zero-order chi connectivity index (χ0) is 15.2. The predicted molar refractivity (Wildman–Crippen MR) is 85.5 cm³/mol. The molecule has 2 rings (SSSR count). The van der Waals surface area contributed by atoms with Crippen LogP contribution in [0.25, 0.3) is 0 Å². The van der Waals surface area contributed by atoms with Gasteiger partial charge in [0.15, 0.2) is 11.5 Å². The summed E-state index contributed by atoms with van der Waals surface area (Å²) in [4.78, 5) is 16.2. The van der Waals surface area contributed by atoms with Crippen LogP contribution in [0.3, 0.4) is 0 Å². The molecule has 1 aromatic heterocycles. The molecule has 0 saturated heterocycles. The maximum absolute atomic E-state index is 12.3. The van der Waals surface area contributed by atoms with E-state index in [9.17, 15) is 4.79 Å². The molecule has 1 heterocycles. The van der Waals surface area contributed by atoms with Gasteiger partial charge in [-0.3, -0.25) is 9.78 Å². The molecule has 0 bridgehead atoms. The van der Waals surface area contributed by atoms with Crippen molar-refractivity contribution in [3.63, 3.8) is 0 Å². The molecule has 118 valence electrons. The highest BCUT2D eigenvalue weighted by Crippen LogP contribution is 2.38. The van der Waals surface area contributed by atoms with E-state index in [0.29, 0.717) is 28.5 Å². The van der Waals surface area contributed by atoms with Crippen LogP contribution in [0.4, 0.5) is 5.69 Å². The van der Waals surface area contributed by atoms with Gasteiger partial charge in [-0.1, -0.05) is 0 Å². The van der Waals surface area contributed by atoms with Crippen LogP contribution in [-0.2, 0) is 0 Å². The summed E-state index contributed by atoms with van der Waals surface area (Å²) in [5, 5.41) is 2.77. The number of anilines is 1. The van der Waals surface area contributed by atoms with Gasteiger partial charge in [-0.25, -0.2) is 0 Å². The number of ether oxygens (including phenoxy) is 3. The van der Waals surface area contributed by atoms with Crippen LogP contribution in [-0.4, -0.2) is 32.2 Å². The third-order valence-electron chi connectivity index (χ3n) is 2.87. The largest absolute Gasteiger partial charge is 0.493 e. The second kappa shape index (κ2) is 8.09. The number of aromatic nitrogens is 1. The van der Waals surface area contributed by atoms with E-state index in [1.54, 1.807) is 36.7 Å². The molecule has 0 saturated carbocycles. The number of carbonyl (C=O) groups is 1. The van der Waals surface area contributed by atoms with Crippen molar-refractivity contribution >= 4 is 24.0 Å². The first-order valence-corrected chi connectivity index (χ1v) is 6.21. The Morgan fingerprint density at radius 2 is 1.55 bits per heavy atom. The van der Waals surface area contributed by atoms with Crippen molar-refractivity contribution in [2.45, 2.75) is 0 Å². The fraction of sp³-hybridized carbons (Fsp3) is 0.200. The second-order valence-corrected chi connectivity index (χ2v) is 4.10. The minimum atomic E-state index is -0.277. The van der Waals surface area contributed by atoms with E-state index in [1.807, 2.05) is 0 Å². The number of hydrogen-bond acceptors (Lipinski definition) is 5. The SMILES string of the molecule is COc1cc(C(=O)Nc2ccncc2)cc(OC)c1OC.Cl. The van der Waals surface area contributed by atoms with Gasteiger partial charge in [-0.05, 0) is 24.3 Å². The van der Waals surface area contributed by atoms with E-state index in [2.05, 4.69) is 10.3 Å². The third-order valence-corrected chi connectivity index (χ3v) is 2.87. The molecule has 0 unspecified atom stereocenters. The van der Waals surface area contributed by atoms with Crippen LogP contribution in [0.1, 0.15) is 10.4 Å². The molecule has 0 aliphatic carbocycles. The zero-order valence-electron chi connectivity index (χ0n) is 12.5. The Labute approximate surface area is 134 Å². The number of hydrogen-bond donors (Lipinski definition) is 1. The molecule has 1 amide bonds. The number of benzene rings is 1. The number of pyridine rings is 1. The molecule has 0 aliphatic heterocycles. The van der Waals surface area contributed by atoms with E-state index < -0.39 is 0 Å². The minimum Gasteiger partial charge on any atom is -0.493 e. The molecule has 0 fully saturated rings. The number of methoxy groups -OCH3 is 3. The Balaban J connectivity index is 0.00000242. The molecule has 0 aliphatic rings. The highest BCUT2D eigenvalue weighted by Gasteiger charge is 2.17. The second-order valence-electron chi connectivity index (χ2n) is 4.10. The Kier molecular flexibility index (Phi) is 6.47. The molecule has 7 heteroatoms. The number of rotatable bonds is 5. The molecule has 22 heavy (non-hydrogen) atoms. The van der Waals surface area contributed by atoms with Gasteiger partial charge in [-0.2, -0.15) is 0 Å². The predicted octanol–water partition coefficient (Wildman–Crippen LogP) is 2.78.